The van der Waals surface area contributed by atoms with Crippen LogP contribution in [-0.2, 0) is 5.41 Å². The molecule has 19 heavy (non-hydrogen) atoms. The molecule has 0 aromatic carbocycles. The molecule has 4 nitrogen and oxygen atoms in total. The molecule has 0 bridgehead atoms. The molecule has 0 N–H and O–H groups in total. The normalized spacial score (nSPS) is 12.2. The van der Waals surface area contributed by atoms with Crippen LogP contribution in [0.1, 0.15) is 46.8 Å². The van der Waals surface area contributed by atoms with Crippen LogP contribution in [0.25, 0.3) is 6.08 Å². The van der Waals surface area contributed by atoms with Crippen molar-refractivity contribution in [2.45, 2.75) is 33.1 Å². The van der Waals surface area contributed by atoms with Gasteiger partial charge in [0, 0.05) is 10.8 Å². The molecule has 2 rings (SSSR count). The second-order valence-electron chi connectivity index (χ2n) is 5.21. The molecule has 6 heteroatoms. The fourth-order valence-corrected chi connectivity index (χ4v) is 2.89. The van der Waals surface area contributed by atoms with E-state index in [0.717, 1.165) is 10.7 Å². The first-order valence-electron chi connectivity index (χ1n) is 5.85. The quantitative estimate of drug-likeness (QED) is 0.642. The van der Waals surface area contributed by atoms with Crippen molar-refractivity contribution in [3.63, 3.8) is 0 Å². The van der Waals surface area contributed by atoms with Crippen LogP contribution in [0.4, 0.5) is 0 Å². The van der Waals surface area contributed by atoms with E-state index in [9.17, 15) is 4.79 Å². The van der Waals surface area contributed by atoms with E-state index in [1.54, 1.807) is 11.5 Å². The van der Waals surface area contributed by atoms with Crippen LogP contribution in [0.2, 0.25) is 0 Å². The highest BCUT2D eigenvalue weighted by atomic mass is 32.1. The minimum atomic E-state index is -0.0312. The van der Waals surface area contributed by atoms with E-state index in [4.69, 9.17) is 0 Å². The van der Waals surface area contributed by atoms with E-state index in [1.807, 2.05) is 6.92 Å². The first kappa shape index (κ1) is 14.0. The summed E-state index contributed by atoms with van der Waals surface area (Å²) in [7, 11) is 0. The fraction of sp³-hybridized carbons (Fsp3) is 0.385. The Balaban J connectivity index is 2.22. The van der Waals surface area contributed by atoms with Crippen molar-refractivity contribution in [1.82, 2.24) is 14.6 Å². The van der Waals surface area contributed by atoms with Crippen LogP contribution >= 0.6 is 22.9 Å². The Morgan fingerprint density at radius 1 is 1.37 bits per heavy atom. The zero-order valence-corrected chi connectivity index (χ0v) is 12.9. The van der Waals surface area contributed by atoms with Gasteiger partial charge in [-0.05, 0) is 30.6 Å². The average Bonchev–Trinajstić information content (AvgIpc) is 2.93. The molecule has 0 saturated carbocycles. The number of hydrogen-bond acceptors (Lipinski definition) is 6. The third kappa shape index (κ3) is 3.33. The van der Waals surface area contributed by atoms with Gasteiger partial charge in [-0.15, -0.1) is 16.4 Å². The number of carbonyl (C=O) groups excluding carboxylic acids is 1. The molecule has 0 fully saturated rings. The van der Waals surface area contributed by atoms with Crippen molar-refractivity contribution in [3.8, 4) is 0 Å². The molecule has 100 valence electrons. The largest absolute Gasteiger partial charge is 0.288 e. The fourth-order valence-electron chi connectivity index (χ4n) is 1.43. The highest BCUT2D eigenvalue weighted by Gasteiger charge is 2.22. The third-order valence-electron chi connectivity index (χ3n) is 2.44. The van der Waals surface area contributed by atoms with Crippen molar-refractivity contribution in [1.29, 1.82) is 0 Å². The van der Waals surface area contributed by atoms with Gasteiger partial charge in [0.05, 0.1) is 21.3 Å². The van der Waals surface area contributed by atoms with Gasteiger partial charge in [0.25, 0.3) is 0 Å². The standard InChI is InChI=1S/C13H15N3OS2/c1-8-11(19-12(14-8)13(2,3)4)10(17)6-5-9-7-18-16-15-9/h5-7H,1-4H3/b6-5-. The summed E-state index contributed by atoms with van der Waals surface area (Å²) >= 11 is 2.73. The van der Waals surface area contributed by atoms with Crippen LogP contribution in [0.5, 0.6) is 0 Å². The lowest BCUT2D eigenvalue weighted by atomic mass is 9.98. The number of carbonyl (C=O) groups is 1. The number of nitrogens with zero attached hydrogens (tertiary/aromatic N) is 3. The minimum absolute atomic E-state index is 0.0292. The molecule has 2 heterocycles. The zero-order valence-electron chi connectivity index (χ0n) is 11.3. The lowest BCUT2D eigenvalue weighted by Gasteiger charge is -2.13. The summed E-state index contributed by atoms with van der Waals surface area (Å²) in [5, 5.41) is 6.64. The van der Waals surface area contributed by atoms with Gasteiger partial charge in [-0.1, -0.05) is 25.3 Å². The van der Waals surface area contributed by atoms with Gasteiger partial charge in [-0.3, -0.25) is 4.79 Å². The number of allylic oxidation sites excluding steroid dienone is 1. The molecule has 0 radical (unpaired) electrons. The van der Waals surface area contributed by atoms with Crippen molar-refractivity contribution in [2.24, 2.45) is 0 Å². The monoisotopic (exact) mass is 293 g/mol. The zero-order chi connectivity index (χ0) is 14.0. The number of hydrogen-bond donors (Lipinski definition) is 0. The van der Waals surface area contributed by atoms with Crippen LogP contribution in [0.3, 0.4) is 0 Å². The lowest BCUT2D eigenvalue weighted by Crippen LogP contribution is -2.10. The van der Waals surface area contributed by atoms with Crippen molar-refractivity contribution in [2.75, 3.05) is 0 Å². The summed E-state index contributed by atoms with van der Waals surface area (Å²) in [5.41, 5.74) is 1.47. The highest BCUT2D eigenvalue weighted by Crippen LogP contribution is 2.29. The number of aryl methyl sites for hydroxylation is 1. The molecule has 0 spiro atoms. The van der Waals surface area contributed by atoms with Crippen LogP contribution in [0.15, 0.2) is 11.5 Å². The molecule has 0 amide bonds. The molecule has 0 aliphatic heterocycles. The van der Waals surface area contributed by atoms with Gasteiger partial charge in [0.2, 0.25) is 0 Å². The van der Waals surface area contributed by atoms with Crippen molar-refractivity contribution < 1.29 is 4.79 Å². The predicted octanol–water partition coefficient (Wildman–Crippen LogP) is 3.50. The molecule has 0 saturated heterocycles. The Morgan fingerprint density at radius 3 is 2.63 bits per heavy atom. The van der Waals surface area contributed by atoms with E-state index in [0.29, 0.717) is 10.6 Å². The Labute approximate surface area is 120 Å². The average molecular weight is 293 g/mol. The van der Waals surface area contributed by atoms with Gasteiger partial charge in [0.15, 0.2) is 5.78 Å². The molecule has 0 aliphatic rings. The van der Waals surface area contributed by atoms with Gasteiger partial charge >= 0.3 is 0 Å². The number of rotatable bonds is 3. The predicted molar refractivity (Wildman–Crippen MR) is 78.8 cm³/mol. The Kier molecular flexibility index (Phi) is 3.91. The maximum atomic E-state index is 12.1. The molecular weight excluding hydrogens is 278 g/mol. The van der Waals surface area contributed by atoms with Gasteiger partial charge in [-0.25, -0.2) is 4.98 Å². The van der Waals surface area contributed by atoms with Gasteiger partial charge in [-0.2, -0.15) is 0 Å². The first-order chi connectivity index (χ1) is 8.88. The molecule has 2 aromatic heterocycles. The summed E-state index contributed by atoms with van der Waals surface area (Å²) in [4.78, 5) is 17.3. The molecule has 0 unspecified atom stereocenters. The third-order valence-corrected chi connectivity index (χ3v) is 4.56. The lowest BCUT2D eigenvalue weighted by molar-refractivity contribution is 0.105. The Bertz CT molecular complexity index is 606. The smallest absolute Gasteiger partial charge is 0.197 e. The van der Waals surface area contributed by atoms with Gasteiger partial charge < -0.3 is 0 Å². The van der Waals surface area contributed by atoms with E-state index in [1.165, 1.54) is 28.9 Å². The summed E-state index contributed by atoms with van der Waals surface area (Å²) in [6.07, 6.45) is 3.21. The Hall–Kier alpha value is -1.40. The summed E-state index contributed by atoms with van der Waals surface area (Å²) in [5.74, 6) is -0.0292. The van der Waals surface area contributed by atoms with Gasteiger partial charge in [0.1, 0.15) is 0 Å². The SMILES string of the molecule is Cc1nc(C(C)(C)C)sc1C(=O)/C=C\c1csnn1. The van der Waals surface area contributed by atoms with Crippen molar-refractivity contribution in [3.05, 3.63) is 32.7 Å². The van der Waals surface area contributed by atoms with Crippen LogP contribution < -0.4 is 0 Å². The molecule has 0 atom stereocenters. The Morgan fingerprint density at radius 2 is 2.11 bits per heavy atom. The highest BCUT2D eigenvalue weighted by molar-refractivity contribution is 7.14. The number of thiazole rings is 1. The summed E-state index contributed by atoms with van der Waals surface area (Å²) in [6.45, 7) is 8.15. The number of aromatic nitrogens is 3. The maximum absolute atomic E-state index is 12.1. The summed E-state index contributed by atoms with van der Waals surface area (Å²) < 4.78 is 3.75. The van der Waals surface area contributed by atoms with Crippen LogP contribution in [0, 0.1) is 6.92 Å². The molecule has 2 aromatic rings. The second kappa shape index (κ2) is 5.30. The first-order valence-corrected chi connectivity index (χ1v) is 7.50. The topological polar surface area (TPSA) is 55.7 Å². The van der Waals surface area contributed by atoms with E-state index >= 15 is 0 Å². The minimum Gasteiger partial charge on any atom is -0.288 e. The maximum Gasteiger partial charge on any atom is 0.197 e. The number of ketones is 1. The van der Waals surface area contributed by atoms with E-state index in [-0.39, 0.29) is 11.2 Å². The van der Waals surface area contributed by atoms with E-state index in [2.05, 4.69) is 35.3 Å². The van der Waals surface area contributed by atoms with Crippen molar-refractivity contribution >= 4 is 34.7 Å². The van der Waals surface area contributed by atoms with E-state index < -0.39 is 0 Å². The molecule has 0 aliphatic carbocycles. The van der Waals surface area contributed by atoms with Crippen LogP contribution in [-0.4, -0.2) is 20.4 Å². The second-order valence-corrected chi connectivity index (χ2v) is 6.82. The molecular formula is C13H15N3OS2. The summed E-state index contributed by atoms with van der Waals surface area (Å²) in [6, 6.07) is 0.